The number of aromatic nitrogens is 2. The SMILES string of the molecule is CCOC(=O)CCCN1C=C(Cc2cncnc2)C=NC1SCc1ccc(F)cc1. The first-order chi connectivity index (χ1) is 14.6. The highest BCUT2D eigenvalue weighted by atomic mass is 32.2. The van der Waals surface area contributed by atoms with E-state index in [1.807, 2.05) is 13.1 Å². The predicted molar refractivity (Wildman–Crippen MR) is 116 cm³/mol. The maximum atomic E-state index is 13.1. The first kappa shape index (κ1) is 22.0. The van der Waals surface area contributed by atoms with E-state index in [1.54, 1.807) is 36.3 Å². The average Bonchev–Trinajstić information content (AvgIpc) is 2.75. The molecule has 0 fully saturated rings. The summed E-state index contributed by atoms with van der Waals surface area (Å²) in [7, 11) is 0. The number of thioether (sulfide) groups is 1. The van der Waals surface area contributed by atoms with Crippen molar-refractivity contribution >= 4 is 23.9 Å². The minimum atomic E-state index is -0.238. The van der Waals surface area contributed by atoms with E-state index in [0.29, 0.717) is 38.2 Å². The molecule has 0 aliphatic carbocycles. The number of allylic oxidation sites excluding steroid dienone is 1. The zero-order chi connectivity index (χ0) is 21.2. The van der Waals surface area contributed by atoms with Crippen molar-refractivity contribution in [3.8, 4) is 0 Å². The number of aliphatic imine (C=N–C) groups is 1. The highest BCUT2D eigenvalue weighted by Crippen LogP contribution is 2.26. The maximum absolute atomic E-state index is 13.1. The van der Waals surface area contributed by atoms with E-state index >= 15 is 0 Å². The third kappa shape index (κ3) is 6.95. The van der Waals surface area contributed by atoms with Crippen molar-refractivity contribution in [3.05, 3.63) is 71.7 Å². The Morgan fingerprint density at radius 1 is 1.20 bits per heavy atom. The van der Waals surface area contributed by atoms with E-state index in [1.165, 1.54) is 18.5 Å². The lowest BCUT2D eigenvalue weighted by Crippen LogP contribution is -2.31. The van der Waals surface area contributed by atoms with Gasteiger partial charge < -0.3 is 9.64 Å². The standard InChI is InChI=1S/C22H25FN4O2S/c1-2-29-21(28)4-3-9-27-14-19(10-18-11-24-16-25-12-18)13-26-22(27)30-15-17-5-7-20(23)8-6-17/h5-8,11-14,16,22H,2-4,9-10,15H2,1H3. The van der Waals surface area contributed by atoms with Crippen molar-refractivity contribution in [2.75, 3.05) is 13.2 Å². The smallest absolute Gasteiger partial charge is 0.305 e. The van der Waals surface area contributed by atoms with Gasteiger partial charge in [-0.05, 0) is 42.2 Å². The maximum Gasteiger partial charge on any atom is 0.305 e. The van der Waals surface area contributed by atoms with Crippen LogP contribution in [-0.4, -0.2) is 45.7 Å². The first-order valence-electron chi connectivity index (χ1n) is 9.89. The second-order valence-corrected chi connectivity index (χ2v) is 7.86. The summed E-state index contributed by atoms with van der Waals surface area (Å²) in [5.41, 5.74) is 3.01. The molecular weight excluding hydrogens is 403 g/mol. The van der Waals surface area contributed by atoms with Gasteiger partial charge in [0.2, 0.25) is 0 Å². The van der Waals surface area contributed by atoms with Gasteiger partial charge in [0.05, 0.1) is 6.61 Å². The van der Waals surface area contributed by atoms with Gasteiger partial charge in [0.1, 0.15) is 12.1 Å². The van der Waals surface area contributed by atoms with Gasteiger partial charge in [-0.2, -0.15) is 0 Å². The molecule has 3 rings (SSSR count). The summed E-state index contributed by atoms with van der Waals surface area (Å²) < 4.78 is 18.2. The summed E-state index contributed by atoms with van der Waals surface area (Å²) in [5, 5.41) is 0. The highest BCUT2D eigenvalue weighted by molar-refractivity contribution is 7.99. The van der Waals surface area contributed by atoms with E-state index in [9.17, 15) is 9.18 Å². The van der Waals surface area contributed by atoms with Crippen LogP contribution in [0.3, 0.4) is 0 Å². The van der Waals surface area contributed by atoms with E-state index in [4.69, 9.17) is 9.73 Å². The minimum Gasteiger partial charge on any atom is -0.466 e. The molecule has 1 unspecified atom stereocenters. The van der Waals surface area contributed by atoms with Gasteiger partial charge in [-0.25, -0.2) is 14.4 Å². The molecule has 0 amide bonds. The normalized spacial score (nSPS) is 15.7. The highest BCUT2D eigenvalue weighted by Gasteiger charge is 2.19. The molecule has 158 valence electrons. The van der Waals surface area contributed by atoms with Crippen molar-refractivity contribution in [1.29, 1.82) is 0 Å². The van der Waals surface area contributed by atoms with Crippen LogP contribution in [0, 0.1) is 5.82 Å². The zero-order valence-corrected chi connectivity index (χ0v) is 17.7. The number of carbonyl (C=O) groups excluding carboxylic acids is 1. The Kier molecular flexibility index (Phi) is 8.38. The Bertz CT molecular complexity index is 874. The third-order valence-electron chi connectivity index (χ3n) is 4.42. The van der Waals surface area contributed by atoms with E-state index in [-0.39, 0.29) is 17.3 Å². The Morgan fingerprint density at radius 3 is 2.70 bits per heavy atom. The summed E-state index contributed by atoms with van der Waals surface area (Å²) in [6.45, 7) is 2.89. The van der Waals surface area contributed by atoms with Crippen LogP contribution >= 0.6 is 11.8 Å². The number of esters is 1. The number of carbonyl (C=O) groups is 1. The fourth-order valence-electron chi connectivity index (χ4n) is 3.01. The summed E-state index contributed by atoms with van der Waals surface area (Å²) in [6.07, 6.45) is 10.8. The molecule has 30 heavy (non-hydrogen) atoms. The molecule has 1 aromatic carbocycles. The van der Waals surface area contributed by atoms with Gasteiger partial charge in [-0.1, -0.05) is 12.1 Å². The van der Waals surface area contributed by atoms with Gasteiger partial charge in [0.15, 0.2) is 5.50 Å². The molecule has 0 bridgehead atoms. The van der Waals surface area contributed by atoms with E-state index in [0.717, 1.165) is 16.7 Å². The minimum absolute atomic E-state index is 0.104. The quantitative estimate of drug-likeness (QED) is 0.533. The van der Waals surface area contributed by atoms with Crippen LogP contribution in [0.1, 0.15) is 30.9 Å². The van der Waals surface area contributed by atoms with Gasteiger partial charge in [-0.15, -0.1) is 11.8 Å². The van der Waals surface area contributed by atoms with Gasteiger partial charge in [0, 0.05) is 49.9 Å². The number of benzene rings is 1. The van der Waals surface area contributed by atoms with Gasteiger partial charge >= 0.3 is 5.97 Å². The third-order valence-corrected chi connectivity index (χ3v) is 5.61. The van der Waals surface area contributed by atoms with E-state index < -0.39 is 0 Å². The molecule has 0 N–H and O–H groups in total. The lowest BCUT2D eigenvalue weighted by atomic mass is 10.1. The summed E-state index contributed by atoms with van der Waals surface area (Å²) in [4.78, 5) is 26.7. The lowest BCUT2D eigenvalue weighted by molar-refractivity contribution is -0.143. The Hall–Kier alpha value is -2.74. The van der Waals surface area contributed by atoms with Crippen LogP contribution in [0.15, 0.2) is 59.8 Å². The number of hydrogen-bond donors (Lipinski definition) is 0. The van der Waals surface area contributed by atoms with Crippen LogP contribution < -0.4 is 0 Å². The summed E-state index contributed by atoms with van der Waals surface area (Å²) >= 11 is 1.66. The largest absolute Gasteiger partial charge is 0.466 e. The van der Waals surface area contributed by atoms with Crippen LogP contribution in [0.25, 0.3) is 0 Å². The molecule has 0 spiro atoms. The zero-order valence-electron chi connectivity index (χ0n) is 16.9. The summed E-state index contributed by atoms with van der Waals surface area (Å²) in [6, 6.07) is 6.52. The molecule has 0 saturated heterocycles. The Labute approximate surface area is 180 Å². The topological polar surface area (TPSA) is 67.7 Å². The number of hydrogen-bond acceptors (Lipinski definition) is 7. The molecular formula is C22H25FN4O2S. The molecule has 0 radical (unpaired) electrons. The Balaban J connectivity index is 1.63. The molecule has 0 saturated carbocycles. The lowest BCUT2D eigenvalue weighted by Gasteiger charge is -2.31. The molecule has 2 aromatic rings. The van der Waals surface area contributed by atoms with Gasteiger partial charge in [-0.3, -0.25) is 9.79 Å². The average molecular weight is 429 g/mol. The molecule has 1 aliphatic heterocycles. The van der Waals surface area contributed by atoms with Crippen LogP contribution in [0.5, 0.6) is 0 Å². The van der Waals surface area contributed by atoms with Gasteiger partial charge in [0.25, 0.3) is 0 Å². The number of ether oxygens (including phenoxy) is 1. The Morgan fingerprint density at radius 2 is 1.97 bits per heavy atom. The molecule has 1 aliphatic rings. The van der Waals surface area contributed by atoms with Crippen molar-refractivity contribution in [1.82, 2.24) is 14.9 Å². The molecule has 1 aromatic heterocycles. The van der Waals surface area contributed by atoms with Crippen molar-refractivity contribution < 1.29 is 13.9 Å². The molecule has 2 heterocycles. The number of nitrogens with zero attached hydrogens (tertiary/aromatic N) is 4. The van der Waals surface area contributed by atoms with E-state index in [2.05, 4.69) is 21.1 Å². The van der Waals surface area contributed by atoms with Crippen molar-refractivity contribution in [3.63, 3.8) is 0 Å². The number of halogens is 1. The first-order valence-corrected chi connectivity index (χ1v) is 10.9. The van der Waals surface area contributed by atoms with Crippen LogP contribution in [-0.2, 0) is 21.7 Å². The fraction of sp³-hybridized carbons (Fsp3) is 0.364. The molecule has 8 heteroatoms. The monoisotopic (exact) mass is 428 g/mol. The molecule has 1 atom stereocenters. The number of rotatable bonds is 10. The second-order valence-electron chi connectivity index (χ2n) is 6.82. The van der Waals surface area contributed by atoms with Crippen molar-refractivity contribution in [2.45, 2.75) is 37.4 Å². The van der Waals surface area contributed by atoms with Crippen LogP contribution in [0.2, 0.25) is 0 Å². The predicted octanol–water partition coefficient (Wildman–Crippen LogP) is 3.99. The molecule has 6 nitrogen and oxygen atoms in total. The fourth-order valence-corrected chi connectivity index (χ4v) is 4.05. The second kappa shape index (κ2) is 11.4. The van der Waals surface area contributed by atoms with Crippen LogP contribution in [0.4, 0.5) is 4.39 Å². The summed E-state index contributed by atoms with van der Waals surface area (Å²) in [5.74, 6) is 0.295. The van der Waals surface area contributed by atoms with Crippen molar-refractivity contribution in [2.24, 2.45) is 4.99 Å².